The van der Waals surface area contributed by atoms with Crippen LogP contribution < -0.4 is 5.32 Å². The summed E-state index contributed by atoms with van der Waals surface area (Å²) in [7, 11) is 3.91. The van der Waals surface area contributed by atoms with Gasteiger partial charge in [-0.3, -0.25) is 4.68 Å². The van der Waals surface area contributed by atoms with Crippen LogP contribution in [0.4, 0.5) is 0 Å². The van der Waals surface area contributed by atoms with Gasteiger partial charge in [0.25, 0.3) is 0 Å². The zero-order valence-corrected chi connectivity index (χ0v) is 13.5. The molecule has 1 aromatic rings. The molecule has 0 spiro atoms. The van der Waals surface area contributed by atoms with E-state index in [1.165, 1.54) is 12.0 Å². The largest absolute Gasteiger partial charge is 0.316 e. The normalized spacial score (nSPS) is 14.8. The third kappa shape index (κ3) is 4.18. The van der Waals surface area contributed by atoms with Crippen molar-refractivity contribution in [3.05, 3.63) is 16.4 Å². The Morgan fingerprint density at radius 1 is 1.50 bits per heavy atom. The van der Waals surface area contributed by atoms with Gasteiger partial charge in [0, 0.05) is 29.7 Å². The van der Waals surface area contributed by atoms with Crippen molar-refractivity contribution in [1.29, 1.82) is 0 Å². The second kappa shape index (κ2) is 7.41. The molecule has 0 fully saturated rings. The Kier molecular flexibility index (Phi) is 6.53. The van der Waals surface area contributed by atoms with Gasteiger partial charge >= 0.3 is 0 Å². The van der Waals surface area contributed by atoms with Gasteiger partial charge in [-0.05, 0) is 26.8 Å². The van der Waals surface area contributed by atoms with Crippen molar-refractivity contribution >= 4 is 23.4 Å². The molecule has 5 heteroatoms. The third-order valence-corrected chi connectivity index (χ3v) is 5.26. The topological polar surface area (TPSA) is 29.9 Å². The number of hydrogen-bond acceptors (Lipinski definition) is 3. The number of rotatable bonds is 7. The molecule has 2 atom stereocenters. The van der Waals surface area contributed by atoms with Gasteiger partial charge in [-0.25, -0.2) is 0 Å². The smallest absolute Gasteiger partial charge is 0.130 e. The molecule has 0 saturated carbocycles. The summed E-state index contributed by atoms with van der Waals surface area (Å²) in [6, 6.07) is 0.449. The summed E-state index contributed by atoms with van der Waals surface area (Å²) in [5.41, 5.74) is 2.21. The third-order valence-electron chi connectivity index (χ3n) is 3.29. The lowest BCUT2D eigenvalue weighted by Gasteiger charge is -2.18. The molecule has 0 aliphatic carbocycles. The molecule has 18 heavy (non-hydrogen) atoms. The highest BCUT2D eigenvalue weighted by molar-refractivity contribution is 7.99. The summed E-state index contributed by atoms with van der Waals surface area (Å²) < 4.78 is 1.75. The summed E-state index contributed by atoms with van der Waals surface area (Å²) in [5.74, 6) is 1.11. The summed E-state index contributed by atoms with van der Waals surface area (Å²) >= 11 is 8.29. The molecule has 1 N–H and O–H groups in total. The summed E-state index contributed by atoms with van der Waals surface area (Å²) in [4.78, 5) is 0. The van der Waals surface area contributed by atoms with Crippen LogP contribution in [0.1, 0.15) is 31.5 Å². The summed E-state index contributed by atoms with van der Waals surface area (Å²) in [5, 5.41) is 9.22. The van der Waals surface area contributed by atoms with Gasteiger partial charge in [-0.15, -0.1) is 0 Å². The van der Waals surface area contributed by atoms with Gasteiger partial charge < -0.3 is 5.32 Å². The Labute approximate surface area is 120 Å². The van der Waals surface area contributed by atoms with Crippen molar-refractivity contribution in [2.75, 3.05) is 12.8 Å². The van der Waals surface area contributed by atoms with Crippen LogP contribution in [0.2, 0.25) is 5.15 Å². The predicted octanol–water partition coefficient (Wildman–Crippen LogP) is 3.04. The molecule has 1 heterocycles. The van der Waals surface area contributed by atoms with Gasteiger partial charge in [0.2, 0.25) is 0 Å². The molecule has 0 aromatic carbocycles. The van der Waals surface area contributed by atoms with Crippen LogP contribution in [0.3, 0.4) is 0 Å². The number of aromatic nitrogens is 2. The minimum atomic E-state index is 0.449. The Hall–Kier alpha value is -0.190. The lowest BCUT2D eigenvalue weighted by Crippen LogP contribution is -2.31. The minimum absolute atomic E-state index is 0.449. The van der Waals surface area contributed by atoms with Crippen LogP contribution in [0.25, 0.3) is 0 Å². The Morgan fingerprint density at radius 2 is 2.17 bits per heavy atom. The number of thioether (sulfide) groups is 1. The fourth-order valence-corrected chi connectivity index (χ4v) is 3.13. The molecule has 1 aromatic heterocycles. The molecular formula is C13H24ClN3S. The van der Waals surface area contributed by atoms with Crippen LogP contribution in [0.5, 0.6) is 0 Å². The monoisotopic (exact) mass is 289 g/mol. The number of nitrogens with one attached hydrogen (secondary N) is 1. The number of hydrogen-bond donors (Lipinski definition) is 1. The Bertz CT molecular complexity index is 379. The summed E-state index contributed by atoms with van der Waals surface area (Å²) in [6.07, 6.45) is 2.16. The van der Waals surface area contributed by atoms with E-state index in [1.54, 1.807) is 4.68 Å². The van der Waals surface area contributed by atoms with Crippen molar-refractivity contribution in [1.82, 2.24) is 15.1 Å². The molecule has 3 nitrogen and oxygen atoms in total. The Balaban J connectivity index is 2.62. The molecule has 0 saturated heterocycles. The van der Waals surface area contributed by atoms with Crippen LogP contribution in [0.15, 0.2) is 0 Å². The van der Waals surface area contributed by atoms with Crippen molar-refractivity contribution in [3.8, 4) is 0 Å². The average Bonchev–Trinajstić information content (AvgIpc) is 2.59. The molecule has 0 bridgehead atoms. The zero-order valence-electron chi connectivity index (χ0n) is 12.0. The molecule has 0 aliphatic rings. The summed E-state index contributed by atoms with van der Waals surface area (Å²) in [6.45, 7) is 6.53. The second-order valence-corrected chi connectivity index (χ2v) is 6.55. The molecule has 0 amide bonds. The highest BCUT2D eigenvalue weighted by atomic mass is 35.5. The molecule has 1 rings (SSSR count). The van der Waals surface area contributed by atoms with E-state index in [-0.39, 0.29) is 0 Å². The fourth-order valence-electron chi connectivity index (χ4n) is 1.79. The van der Waals surface area contributed by atoms with E-state index in [1.807, 2.05) is 32.8 Å². The van der Waals surface area contributed by atoms with E-state index in [9.17, 15) is 0 Å². The van der Waals surface area contributed by atoms with E-state index in [0.717, 1.165) is 23.0 Å². The van der Waals surface area contributed by atoms with Gasteiger partial charge in [0.05, 0.1) is 5.69 Å². The van der Waals surface area contributed by atoms with Gasteiger partial charge in [0.15, 0.2) is 0 Å². The van der Waals surface area contributed by atoms with E-state index in [0.29, 0.717) is 11.3 Å². The van der Waals surface area contributed by atoms with E-state index >= 15 is 0 Å². The lowest BCUT2D eigenvalue weighted by molar-refractivity contribution is 0.614. The SMILES string of the molecule is CCC(C)SCC(Cc1c(C)nn(C)c1Cl)NC. The number of nitrogens with zero attached hydrogens (tertiary/aromatic N) is 2. The number of halogens is 1. The Morgan fingerprint density at radius 3 is 2.61 bits per heavy atom. The van der Waals surface area contributed by atoms with E-state index < -0.39 is 0 Å². The standard InChI is InChI=1S/C13H24ClN3S/c1-6-9(2)18-8-11(15-4)7-12-10(3)16-17(5)13(12)14/h9,11,15H,6-8H2,1-5H3. The van der Waals surface area contributed by atoms with E-state index in [4.69, 9.17) is 11.6 Å². The van der Waals surface area contributed by atoms with Crippen LogP contribution in [0, 0.1) is 6.92 Å². The molecule has 0 radical (unpaired) electrons. The van der Waals surface area contributed by atoms with Crippen LogP contribution >= 0.6 is 23.4 Å². The lowest BCUT2D eigenvalue weighted by atomic mass is 10.1. The highest BCUT2D eigenvalue weighted by Crippen LogP contribution is 2.22. The highest BCUT2D eigenvalue weighted by Gasteiger charge is 2.16. The maximum Gasteiger partial charge on any atom is 0.130 e. The molecule has 0 aliphatic heterocycles. The van der Waals surface area contributed by atoms with Gasteiger partial charge in [-0.2, -0.15) is 16.9 Å². The van der Waals surface area contributed by atoms with Crippen molar-refractivity contribution in [2.24, 2.45) is 7.05 Å². The van der Waals surface area contributed by atoms with Gasteiger partial charge in [-0.1, -0.05) is 25.4 Å². The first-order valence-corrected chi connectivity index (χ1v) is 7.89. The number of aryl methyl sites for hydroxylation is 2. The average molecular weight is 290 g/mol. The molecule has 2 unspecified atom stereocenters. The van der Waals surface area contributed by atoms with Crippen molar-refractivity contribution < 1.29 is 0 Å². The molecule has 104 valence electrons. The van der Waals surface area contributed by atoms with Crippen molar-refractivity contribution in [3.63, 3.8) is 0 Å². The predicted molar refractivity (Wildman–Crippen MR) is 81.7 cm³/mol. The first-order valence-electron chi connectivity index (χ1n) is 6.46. The van der Waals surface area contributed by atoms with Crippen LogP contribution in [-0.2, 0) is 13.5 Å². The van der Waals surface area contributed by atoms with Crippen LogP contribution in [-0.4, -0.2) is 33.9 Å². The fraction of sp³-hybridized carbons (Fsp3) is 0.769. The minimum Gasteiger partial charge on any atom is -0.316 e. The maximum atomic E-state index is 6.27. The maximum absolute atomic E-state index is 6.27. The zero-order chi connectivity index (χ0) is 13.7. The first kappa shape index (κ1) is 15.9. The second-order valence-electron chi connectivity index (χ2n) is 4.72. The quantitative estimate of drug-likeness (QED) is 0.837. The number of likely N-dealkylation sites (N-methyl/N-ethyl adjacent to an activating group) is 1. The van der Waals surface area contributed by atoms with Crippen molar-refractivity contribution in [2.45, 2.75) is 44.9 Å². The first-order chi connectivity index (χ1) is 8.49. The van der Waals surface area contributed by atoms with Gasteiger partial charge in [0.1, 0.15) is 5.15 Å². The van der Waals surface area contributed by atoms with E-state index in [2.05, 4.69) is 24.3 Å². The molecular weight excluding hydrogens is 266 g/mol.